The minimum absolute atomic E-state index is 0.0294. The first kappa shape index (κ1) is 12.3. The van der Waals surface area contributed by atoms with Crippen LogP contribution in [-0.4, -0.2) is 41.5 Å². The van der Waals surface area contributed by atoms with Crippen molar-refractivity contribution in [2.75, 3.05) is 6.54 Å². The lowest BCUT2D eigenvalue weighted by Gasteiger charge is -2.35. The molecule has 2 heterocycles. The molecule has 1 N–H and O–H groups in total. The summed E-state index contributed by atoms with van der Waals surface area (Å²) in [5, 5.41) is 2.36. The Kier molecular flexibility index (Phi) is 3.11. The van der Waals surface area contributed by atoms with Gasteiger partial charge in [-0.25, -0.2) is 0 Å². The second-order valence-corrected chi connectivity index (χ2v) is 4.39. The van der Waals surface area contributed by atoms with E-state index in [4.69, 9.17) is 0 Å². The quantitative estimate of drug-likeness (QED) is 0.701. The van der Waals surface area contributed by atoms with E-state index in [1.807, 2.05) is 0 Å². The van der Waals surface area contributed by atoms with Gasteiger partial charge in [-0.05, 0) is 12.8 Å². The molecule has 2 rings (SSSR count). The molecule has 4 nitrogen and oxygen atoms in total. The van der Waals surface area contributed by atoms with Gasteiger partial charge in [0.1, 0.15) is 6.04 Å². The van der Waals surface area contributed by atoms with Gasteiger partial charge in [-0.3, -0.25) is 14.5 Å². The summed E-state index contributed by atoms with van der Waals surface area (Å²) in [5.41, 5.74) is 0. The van der Waals surface area contributed by atoms with E-state index in [1.165, 1.54) is 0 Å². The first-order chi connectivity index (χ1) is 7.89. The smallest absolute Gasteiger partial charge is 0.304 e. The van der Waals surface area contributed by atoms with E-state index >= 15 is 0 Å². The summed E-state index contributed by atoms with van der Waals surface area (Å²) in [6.07, 6.45) is -3.78. The van der Waals surface area contributed by atoms with E-state index in [9.17, 15) is 22.8 Å². The van der Waals surface area contributed by atoms with E-state index in [2.05, 4.69) is 5.32 Å². The molecule has 7 heteroatoms. The molecule has 0 aromatic carbocycles. The van der Waals surface area contributed by atoms with Crippen molar-refractivity contribution in [3.63, 3.8) is 0 Å². The predicted molar refractivity (Wildman–Crippen MR) is 52.0 cm³/mol. The van der Waals surface area contributed by atoms with Crippen LogP contribution in [0.25, 0.3) is 0 Å². The lowest BCUT2D eigenvalue weighted by molar-refractivity contribution is -0.163. The predicted octanol–water partition coefficient (Wildman–Crippen LogP) is 0.818. The molecular weight excluding hydrogens is 237 g/mol. The Morgan fingerprint density at radius 2 is 1.71 bits per heavy atom. The number of hydrogen-bond donors (Lipinski definition) is 1. The summed E-state index contributed by atoms with van der Waals surface area (Å²) < 4.78 is 37.2. The largest absolute Gasteiger partial charge is 0.403 e. The average molecular weight is 250 g/mol. The number of imide groups is 1. The first-order valence-electron chi connectivity index (χ1n) is 5.54. The molecule has 2 unspecified atom stereocenters. The van der Waals surface area contributed by atoms with Crippen molar-refractivity contribution in [2.24, 2.45) is 0 Å². The summed E-state index contributed by atoms with van der Waals surface area (Å²) in [6, 6.07) is -1.94. The van der Waals surface area contributed by atoms with Crippen molar-refractivity contribution >= 4 is 11.8 Å². The second-order valence-electron chi connectivity index (χ2n) is 4.39. The number of nitrogens with zero attached hydrogens (tertiary/aromatic N) is 1. The van der Waals surface area contributed by atoms with Crippen LogP contribution in [-0.2, 0) is 9.59 Å². The lowest BCUT2D eigenvalue weighted by Crippen LogP contribution is -2.55. The van der Waals surface area contributed by atoms with Gasteiger partial charge < -0.3 is 5.32 Å². The highest BCUT2D eigenvalue weighted by molar-refractivity contribution is 6.02. The van der Waals surface area contributed by atoms with Gasteiger partial charge in [0.15, 0.2) is 0 Å². The van der Waals surface area contributed by atoms with Crippen LogP contribution < -0.4 is 5.32 Å². The van der Waals surface area contributed by atoms with Gasteiger partial charge in [0.05, 0.1) is 6.04 Å². The summed E-state index contributed by atoms with van der Waals surface area (Å²) >= 11 is 0. The maximum atomic E-state index is 12.4. The van der Waals surface area contributed by atoms with Crippen LogP contribution in [0, 0.1) is 0 Å². The SMILES string of the molecule is O=C1CCC(=O)N1C1CCC(C(F)(F)F)NC1. The molecule has 2 fully saturated rings. The van der Waals surface area contributed by atoms with E-state index < -0.39 is 18.3 Å². The summed E-state index contributed by atoms with van der Waals surface area (Å²) in [7, 11) is 0. The van der Waals surface area contributed by atoms with Crippen LogP contribution in [0.5, 0.6) is 0 Å². The number of alkyl halides is 3. The Hall–Kier alpha value is -1.11. The summed E-state index contributed by atoms with van der Waals surface area (Å²) in [4.78, 5) is 24.0. The van der Waals surface area contributed by atoms with Crippen LogP contribution in [0.4, 0.5) is 13.2 Å². The first-order valence-corrected chi connectivity index (χ1v) is 5.54. The highest BCUT2D eigenvalue weighted by Gasteiger charge is 2.44. The fourth-order valence-corrected chi connectivity index (χ4v) is 2.34. The molecule has 17 heavy (non-hydrogen) atoms. The van der Waals surface area contributed by atoms with Crippen molar-refractivity contribution in [3.8, 4) is 0 Å². The topological polar surface area (TPSA) is 49.4 Å². The standard InChI is InChI=1S/C10H13F3N2O2/c11-10(12,13)7-2-1-6(5-14-7)15-8(16)3-4-9(15)17/h6-7,14H,1-5H2. The Bertz CT molecular complexity index is 319. The number of nitrogens with one attached hydrogen (secondary N) is 1. The Labute approximate surface area is 96.1 Å². The van der Waals surface area contributed by atoms with Crippen molar-refractivity contribution in [3.05, 3.63) is 0 Å². The fourth-order valence-electron chi connectivity index (χ4n) is 2.34. The Morgan fingerprint density at radius 1 is 1.12 bits per heavy atom. The number of hydrogen-bond acceptors (Lipinski definition) is 3. The van der Waals surface area contributed by atoms with E-state index in [1.54, 1.807) is 0 Å². The van der Waals surface area contributed by atoms with E-state index in [0.717, 1.165) is 4.90 Å². The summed E-state index contributed by atoms with van der Waals surface area (Å²) in [5.74, 6) is -0.542. The van der Waals surface area contributed by atoms with Crippen molar-refractivity contribution in [2.45, 2.75) is 43.9 Å². The third-order valence-electron chi connectivity index (χ3n) is 3.24. The number of carbonyl (C=O) groups excluding carboxylic acids is 2. The maximum absolute atomic E-state index is 12.4. The van der Waals surface area contributed by atoms with Crippen LogP contribution in [0.2, 0.25) is 0 Å². The van der Waals surface area contributed by atoms with Crippen LogP contribution in [0.15, 0.2) is 0 Å². The highest BCUT2D eigenvalue weighted by atomic mass is 19.4. The molecule has 2 aliphatic heterocycles. The number of amides is 2. The number of piperidine rings is 1. The minimum atomic E-state index is -4.26. The lowest BCUT2D eigenvalue weighted by atomic mass is 9.99. The molecule has 2 aliphatic rings. The molecule has 0 spiro atoms. The number of carbonyl (C=O) groups is 2. The van der Waals surface area contributed by atoms with Gasteiger partial charge in [0, 0.05) is 19.4 Å². The second kappa shape index (κ2) is 4.29. The monoisotopic (exact) mass is 250 g/mol. The van der Waals surface area contributed by atoms with E-state index in [-0.39, 0.29) is 44.0 Å². The Balaban J connectivity index is 1.95. The average Bonchev–Trinajstić information content (AvgIpc) is 2.58. The highest BCUT2D eigenvalue weighted by Crippen LogP contribution is 2.28. The van der Waals surface area contributed by atoms with Gasteiger partial charge in [-0.2, -0.15) is 13.2 Å². The normalized spacial score (nSPS) is 31.1. The van der Waals surface area contributed by atoms with Crippen LogP contribution in [0.3, 0.4) is 0 Å². The zero-order valence-corrected chi connectivity index (χ0v) is 9.09. The van der Waals surface area contributed by atoms with Crippen LogP contribution in [0.1, 0.15) is 25.7 Å². The molecule has 0 saturated carbocycles. The van der Waals surface area contributed by atoms with E-state index in [0.29, 0.717) is 0 Å². The number of rotatable bonds is 1. The number of likely N-dealkylation sites (tertiary alicyclic amines) is 1. The Morgan fingerprint density at radius 3 is 2.12 bits per heavy atom. The van der Waals surface area contributed by atoms with Crippen molar-refractivity contribution in [1.82, 2.24) is 10.2 Å². The van der Waals surface area contributed by atoms with Crippen LogP contribution >= 0.6 is 0 Å². The third kappa shape index (κ3) is 2.43. The molecule has 96 valence electrons. The molecule has 2 amide bonds. The third-order valence-corrected chi connectivity index (χ3v) is 3.24. The van der Waals surface area contributed by atoms with Crippen molar-refractivity contribution in [1.29, 1.82) is 0 Å². The molecular formula is C10H13F3N2O2. The molecule has 0 radical (unpaired) electrons. The molecule has 2 atom stereocenters. The molecule has 0 aromatic heterocycles. The molecule has 0 aliphatic carbocycles. The maximum Gasteiger partial charge on any atom is 0.403 e. The molecule has 0 aromatic rings. The summed E-state index contributed by atoms with van der Waals surface area (Å²) in [6.45, 7) is 0.0294. The van der Waals surface area contributed by atoms with Gasteiger partial charge in [0.25, 0.3) is 0 Å². The molecule has 2 saturated heterocycles. The zero-order valence-electron chi connectivity index (χ0n) is 9.09. The van der Waals surface area contributed by atoms with Crippen molar-refractivity contribution < 1.29 is 22.8 Å². The van der Waals surface area contributed by atoms with Gasteiger partial charge in [-0.15, -0.1) is 0 Å². The van der Waals surface area contributed by atoms with Gasteiger partial charge >= 0.3 is 6.18 Å². The zero-order chi connectivity index (χ0) is 12.6. The molecule has 0 bridgehead atoms. The van der Waals surface area contributed by atoms with Gasteiger partial charge in [-0.1, -0.05) is 0 Å². The number of halogens is 3. The van der Waals surface area contributed by atoms with Gasteiger partial charge in [0.2, 0.25) is 11.8 Å². The fraction of sp³-hybridized carbons (Fsp3) is 0.800. The minimum Gasteiger partial charge on any atom is -0.304 e.